The van der Waals surface area contributed by atoms with Gasteiger partial charge in [-0.1, -0.05) is 45.0 Å². The second-order valence-corrected chi connectivity index (χ2v) is 5.10. The first-order valence-electron chi connectivity index (χ1n) is 6.43. The maximum atomic E-state index is 3.51. The Hall–Kier alpha value is -0.820. The third-order valence-electron chi connectivity index (χ3n) is 2.93. The molecule has 1 aromatic carbocycles. The first kappa shape index (κ1) is 13.2. The van der Waals surface area contributed by atoms with Crippen molar-refractivity contribution < 1.29 is 0 Å². The van der Waals surface area contributed by atoms with E-state index < -0.39 is 0 Å². The van der Waals surface area contributed by atoms with Gasteiger partial charge in [-0.15, -0.1) is 0 Å². The number of benzene rings is 1. The van der Waals surface area contributed by atoms with Crippen LogP contribution in [-0.4, -0.2) is 6.04 Å². The van der Waals surface area contributed by atoms with Crippen molar-refractivity contribution in [1.82, 2.24) is 5.32 Å². The lowest BCUT2D eigenvalue weighted by Gasteiger charge is -2.11. The Labute approximate surface area is 100 Å². The number of hydrogen-bond donors (Lipinski definition) is 1. The molecule has 1 rings (SSSR count). The maximum absolute atomic E-state index is 3.51. The fourth-order valence-corrected chi connectivity index (χ4v) is 1.70. The molecule has 0 aliphatic heterocycles. The molecule has 0 radical (unpaired) electrons. The summed E-state index contributed by atoms with van der Waals surface area (Å²) in [4.78, 5) is 0. The predicted molar refractivity (Wildman–Crippen MR) is 71.6 cm³/mol. The minimum absolute atomic E-state index is 0.607. The van der Waals surface area contributed by atoms with Gasteiger partial charge < -0.3 is 5.32 Å². The normalized spacial score (nSPS) is 13.1. The van der Waals surface area contributed by atoms with Crippen molar-refractivity contribution in [3.05, 3.63) is 35.4 Å². The van der Waals surface area contributed by atoms with E-state index in [1.165, 1.54) is 24.0 Å². The summed E-state index contributed by atoms with van der Waals surface area (Å²) in [5, 5.41) is 3.51. The molecule has 1 atom stereocenters. The van der Waals surface area contributed by atoms with Gasteiger partial charge in [-0.2, -0.15) is 0 Å². The molecule has 1 N–H and O–H groups in total. The van der Waals surface area contributed by atoms with Crippen LogP contribution in [0.1, 0.15) is 45.2 Å². The van der Waals surface area contributed by atoms with E-state index in [9.17, 15) is 0 Å². The van der Waals surface area contributed by atoms with Crippen LogP contribution in [0.15, 0.2) is 24.3 Å². The predicted octanol–water partition coefficient (Wildman–Crippen LogP) is 3.77. The van der Waals surface area contributed by atoms with Crippen molar-refractivity contribution >= 4 is 0 Å². The van der Waals surface area contributed by atoms with Crippen molar-refractivity contribution in [3.63, 3.8) is 0 Å². The van der Waals surface area contributed by atoms with Crippen molar-refractivity contribution in [1.29, 1.82) is 0 Å². The van der Waals surface area contributed by atoms with E-state index >= 15 is 0 Å². The van der Waals surface area contributed by atoms with Crippen LogP contribution in [0.3, 0.4) is 0 Å². The van der Waals surface area contributed by atoms with Crippen LogP contribution in [0.4, 0.5) is 0 Å². The molecule has 0 spiro atoms. The molecular weight excluding hydrogens is 194 g/mol. The van der Waals surface area contributed by atoms with Gasteiger partial charge in [0.1, 0.15) is 0 Å². The van der Waals surface area contributed by atoms with Gasteiger partial charge >= 0.3 is 0 Å². The minimum atomic E-state index is 0.607. The van der Waals surface area contributed by atoms with E-state index in [4.69, 9.17) is 0 Å². The van der Waals surface area contributed by atoms with Gasteiger partial charge in [0.05, 0.1) is 0 Å². The highest BCUT2D eigenvalue weighted by Gasteiger charge is 2.00. The van der Waals surface area contributed by atoms with Crippen LogP contribution in [0.5, 0.6) is 0 Å². The van der Waals surface area contributed by atoms with Crippen LogP contribution in [0.2, 0.25) is 0 Å². The van der Waals surface area contributed by atoms with Gasteiger partial charge in [0, 0.05) is 12.6 Å². The summed E-state index contributed by atoms with van der Waals surface area (Å²) in [6.07, 6.45) is 2.37. The molecule has 16 heavy (non-hydrogen) atoms. The van der Waals surface area contributed by atoms with Gasteiger partial charge in [0.25, 0.3) is 0 Å². The van der Waals surface area contributed by atoms with Crippen LogP contribution in [0.25, 0.3) is 0 Å². The van der Waals surface area contributed by atoms with Crippen LogP contribution in [0, 0.1) is 5.92 Å². The average Bonchev–Trinajstić information content (AvgIpc) is 2.27. The van der Waals surface area contributed by atoms with Crippen LogP contribution >= 0.6 is 0 Å². The summed E-state index contributed by atoms with van der Waals surface area (Å²) in [5.41, 5.74) is 2.83. The Balaban J connectivity index is 2.45. The zero-order valence-electron chi connectivity index (χ0n) is 11.1. The van der Waals surface area contributed by atoms with Crippen LogP contribution < -0.4 is 5.32 Å². The summed E-state index contributed by atoms with van der Waals surface area (Å²) < 4.78 is 0. The van der Waals surface area contributed by atoms with E-state index in [1.54, 1.807) is 0 Å². The van der Waals surface area contributed by atoms with E-state index in [0.29, 0.717) is 6.04 Å². The summed E-state index contributed by atoms with van der Waals surface area (Å²) in [5.74, 6) is 0.740. The smallest absolute Gasteiger partial charge is 0.0207 e. The van der Waals surface area contributed by atoms with Gasteiger partial charge in [-0.3, -0.25) is 0 Å². The first-order chi connectivity index (χ1) is 7.61. The highest BCUT2D eigenvalue weighted by Crippen LogP contribution is 2.09. The van der Waals surface area contributed by atoms with E-state index in [0.717, 1.165) is 12.5 Å². The molecule has 1 aromatic rings. The summed E-state index contributed by atoms with van der Waals surface area (Å²) in [7, 11) is 0. The molecule has 0 heterocycles. The second kappa shape index (κ2) is 6.70. The molecule has 90 valence electrons. The standard InChI is InChI=1S/C15H25N/c1-5-13(4)16-11-15-8-6-14(7-9-15)10-12(2)3/h6-9,12-13,16H,5,10-11H2,1-4H3/t13-/m1/s1. The third-order valence-corrected chi connectivity index (χ3v) is 2.93. The Morgan fingerprint density at radius 1 is 1.00 bits per heavy atom. The maximum Gasteiger partial charge on any atom is 0.0207 e. The molecule has 0 aromatic heterocycles. The van der Waals surface area contributed by atoms with Crippen molar-refractivity contribution in [3.8, 4) is 0 Å². The minimum Gasteiger partial charge on any atom is -0.310 e. The molecule has 0 amide bonds. The fourth-order valence-electron chi connectivity index (χ4n) is 1.70. The summed E-state index contributed by atoms with van der Waals surface area (Å²) in [6.45, 7) is 9.95. The Morgan fingerprint density at radius 3 is 2.06 bits per heavy atom. The fraction of sp³-hybridized carbons (Fsp3) is 0.600. The number of rotatable bonds is 6. The molecular formula is C15H25N. The monoisotopic (exact) mass is 219 g/mol. The molecule has 0 aliphatic carbocycles. The van der Waals surface area contributed by atoms with Crippen molar-refractivity contribution in [2.24, 2.45) is 5.92 Å². The van der Waals surface area contributed by atoms with Gasteiger partial charge in [0.15, 0.2) is 0 Å². The van der Waals surface area contributed by atoms with Crippen molar-refractivity contribution in [2.45, 2.75) is 53.1 Å². The Bertz CT molecular complexity index is 287. The molecule has 0 saturated carbocycles. The Morgan fingerprint density at radius 2 is 1.56 bits per heavy atom. The topological polar surface area (TPSA) is 12.0 Å². The summed E-state index contributed by atoms with van der Waals surface area (Å²) in [6, 6.07) is 9.61. The molecule has 0 aliphatic rings. The molecule has 1 heteroatoms. The van der Waals surface area contributed by atoms with Crippen molar-refractivity contribution in [2.75, 3.05) is 0 Å². The highest BCUT2D eigenvalue weighted by atomic mass is 14.9. The lowest BCUT2D eigenvalue weighted by atomic mass is 10.0. The average molecular weight is 219 g/mol. The zero-order chi connectivity index (χ0) is 12.0. The lowest BCUT2D eigenvalue weighted by Crippen LogP contribution is -2.24. The molecule has 0 saturated heterocycles. The van der Waals surface area contributed by atoms with E-state index in [1.807, 2.05) is 0 Å². The summed E-state index contributed by atoms with van der Waals surface area (Å²) >= 11 is 0. The Kier molecular flexibility index (Phi) is 5.54. The molecule has 0 bridgehead atoms. The molecule has 0 unspecified atom stereocenters. The van der Waals surface area contributed by atoms with Gasteiger partial charge in [0.2, 0.25) is 0 Å². The zero-order valence-corrected chi connectivity index (χ0v) is 11.1. The SMILES string of the molecule is CC[C@@H](C)NCc1ccc(CC(C)C)cc1. The third kappa shape index (κ3) is 4.80. The van der Waals surface area contributed by atoms with Crippen LogP contribution in [-0.2, 0) is 13.0 Å². The largest absolute Gasteiger partial charge is 0.310 e. The second-order valence-electron chi connectivity index (χ2n) is 5.10. The number of nitrogens with one attached hydrogen (secondary N) is 1. The van der Waals surface area contributed by atoms with Gasteiger partial charge in [-0.05, 0) is 36.8 Å². The molecule has 1 nitrogen and oxygen atoms in total. The molecule has 0 fully saturated rings. The highest BCUT2D eigenvalue weighted by molar-refractivity contribution is 5.22. The van der Waals surface area contributed by atoms with E-state index in [2.05, 4.69) is 57.3 Å². The first-order valence-corrected chi connectivity index (χ1v) is 6.43. The lowest BCUT2D eigenvalue weighted by molar-refractivity contribution is 0.534. The quantitative estimate of drug-likeness (QED) is 0.768. The van der Waals surface area contributed by atoms with E-state index in [-0.39, 0.29) is 0 Å². The van der Waals surface area contributed by atoms with Gasteiger partial charge in [-0.25, -0.2) is 0 Å². The number of hydrogen-bond acceptors (Lipinski definition) is 1.